The van der Waals surface area contributed by atoms with Crippen molar-refractivity contribution in [3.05, 3.63) is 76.5 Å². The minimum atomic E-state index is -0.383. The fourth-order valence-electron chi connectivity index (χ4n) is 2.36. The number of nitrogens with zero attached hydrogens (tertiary/aromatic N) is 1. The summed E-state index contributed by atoms with van der Waals surface area (Å²) in [7, 11) is 0. The number of hydrogen-bond acceptors (Lipinski definition) is 3. The highest BCUT2D eigenvalue weighted by atomic mass is 16.6. The van der Waals surface area contributed by atoms with Crippen LogP contribution in [0.4, 0.5) is 0 Å². The van der Waals surface area contributed by atoms with Crippen molar-refractivity contribution >= 4 is 17.9 Å². The van der Waals surface area contributed by atoms with Gasteiger partial charge in [0.05, 0.1) is 0 Å². The number of hydrogen-bond donors (Lipinski definition) is 0. The molecule has 0 amide bonds. The molecule has 0 fully saturated rings. The van der Waals surface area contributed by atoms with Crippen LogP contribution >= 0.6 is 0 Å². The summed E-state index contributed by atoms with van der Waals surface area (Å²) in [5.41, 5.74) is 4.69. The second-order valence-electron chi connectivity index (χ2n) is 5.45. The van der Waals surface area contributed by atoms with Crippen molar-refractivity contribution in [3.8, 4) is 0 Å². The summed E-state index contributed by atoms with van der Waals surface area (Å²) >= 11 is 0. The Morgan fingerprint density at radius 3 is 2.64 bits per heavy atom. The molecule has 0 unspecified atom stereocenters. The minimum absolute atomic E-state index is 0.361. The van der Waals surface area contributed by atoms with E-state index in [1.54, 1.807) is 6.08 Å². The number of carbonyl (C=O) groups excluding carboxylic acids is 1. The number of ether oxygens (including phenoxy) is 1. The van der Waals surface area contributed by atoms with Crippen LogP contribution in [0.5, 0.6) is 0 Å². The summed E-state index contributed by atoms with van der Waals surface area (Å²) in [6, 6.07) is 16.0. The Bertz CT molecular complexity index is 773. The first-order valence-corrected chi connectivity index (χ1v) is 7.24. The van der Waals surface area contributed by atoms with Gasteiger partial charge in [-0.3, -0.25) is 0 Å². The Morgan fingerprint density at radius 1 is 1.09 bits per heavy atom. The molecule has 0 aliphatic carbocycles. The highest BCUT2D eigenvalue weighted by molar-refractivity contribution is 6.07. The zero-order chi connectivity index (χ0) is 15.5. The molecular weight excluding hydrogens is 274 g/mol. The Morgan fingerprint density at radius 2 is 1.86 bits per heavy atom. The summed E-state index contributed by atoms with van der Waals surface area (Å²) in [5.74, 6) is 0.0691. The van der Waals surface area contributed by atoms with Crippen molar-refractivity contribution in [1.29, 1.82) is 0 Å². The smallest absolute Gasteiger partial charge is 0.363 e. The summed E-state index contributed by atoms with van der Waals surface area (Å²) in [4.78, 5) is 16.3. The summed E-state index contributed by atoms with van der Waals surface area (Å²) in [6.45, 7) is 4.04. The molecule has 3 rings (SSSR count). The molecule has 1 aliphatic heterocycles. The van der Waals surface area contributed by atoms with E-state index in [0.29, 0.717) is 18.0 Å². The molecule has 1 heterocycles. The average molecular weight is 291 g/mol. The van der Waals surface area contributed by atoms with Crippen LogP contribution in [0.25, 0.3) is 6.08 Å². The van der Waals surface area contributed by atoms with Gasteiger partial charge in [-0.1, -0.05) is 54.1 Å². The second kappa shape index (κ2) is 5.98. The predicted octanol–water partition coefficient (Wildman–Crippen LogP) is 3.84. The zero-order valence-corrected chi connectivity index (χ0v) is 12.7. The molecule has 22 heavy (non-hydrogen) atoms. The van der Waals surface area contributed by atoms with E-state index in [4.69, 9.17) is 4.74 Å². The number of benzene rings is 2. The molecule has 0 aromatic heterocycles. The Balaban J connectivity index is 1.86. The molecular formula is C19H17NO2. The fourth-order valence-corrected chi connectivity index (χ4v) is 2.36. The van der Waals surface area contributed by atoms with Gasteiger partial charge < -0.3 is 4.74 Å². The molecule has 2 aromatic carbocycles. The molecule has 3 nitrogen and oxygen atoms in total. The predicted molar refractivity (Wildman–Crippen MR) is 87.6 cm³/mol. The molecule has 0 saturated carbocycles. The first-order chi connectivity index (χ1) is 10.6. The van der Waals surface area contributed by atoms with E-state index in [0.717, 1.165) is 22.3 Å². The van der Waals surface area contributed by atoms with Crippen LogP contribution in [-0.4, -0.2) is 11.9 Å². The Kier molecular flexibility index (Phi) is 3.88. The van der Waals surface area contributed by atoms with E-state index in [9.17, 15) is 4.79 Å². The number of aryl methyl sites for hydroxylation is 2. The highest BCUT2D eigenvalue weighted by Gasteiger charge is 2.23. The van der Waals surface area contributed by atoms with Gasteiger partial charge in [0, 0.05) is 6.42 Å². The SMILES string of the molecule is Cc1ccc(C)c(/C=C2/N=C(Cc3ccccc3)OC2=O)c1. The monoisotopic (exact) mass is 291 g/mol. The van der Waals surface area contributed by atoms with Gasteiger partial charge in [-0.05, 0) is 36.6 Å². The van der Waals surface area contributed by atoms with Gasteiger partial charge in [0.1, 0.15) is 0 Å². The van der Waals surface area contributed by atoms with Gasteiger partial charge in [0.15, 0.2) is 5.70 Å². The van der Waals surface area contributed by atoms with Crippen LogP contribution in [0, 0.1) is 13.8 Å². The van der Waals surface area contributed by atoms with Gasteiger partial charge in [-0.25, -0.2) is 9.79 Å². The van der Waals surface area contributed by atoms with Gasteiger partial charge >= 0.3 is 5.97 Å². The number of rotatable bonds is 3. The van der Waals surface area contributed by atoms with Crippen LogP contribution in [0.15, 0.2) is 59.2 Å². The standard InChI is InChI=1S/C19H17NO2/c1-13-8-9-14(2)16(10-13)12-17-19(21)22-18(20-17)11-15-6-4-3-5-7-15/h3-10,12H,11H2,1-2H3/b17-12+. The maximum Gasteiger partial charge on any atom is 0.363 e. The number of esters is 1. The van der Waals surface area contributed by atoms with E-state index in [-0.39, 0.29) is 5.97 Å². The minimum Gasteiger partial charge on any atom is -0.406 e. The molecule has 0 spiro atoms. The lowest BCUT2D eigenvalue weighted by molar-refractivity contribution is -0.130. The van der Waals surface area contributed by atoms with E-state index in [1.165, 1.54) is 0 Å². The van der Waals surface area contributed by atoms with Crippen molar-refractivity contribution in [3.63, 3.8) is 0 Å². The van der Waals surface area contributed by atoms with Crippen LogP contribution < -0.4 is 0 Å². The average Bonchev–Trinajstić information content (AvgIpc) is 2.84. The molecule has 0 radical (unpaired) electrons. The molecule has 0 saturated heterocycles. The third-order valence-electron chi connectivity index (χ3n) is 3.59. The molecule has 0 atom stereocenters. The van der Waals surface area contributed by atoms with Crippen LogP contribution in [0.2, 0.25) is 0 Å². The normalized spacial score (nSPS) is 15.8. The molecule has 3 heteroatoms. The third-order valence-corrected chi connectivity index (χ3v) is 3.59. The molecule has 2 aromatic rings. The van der Waals surface area contributed by atoms with Crippen molar-refractivity contribution in [1.82, 2.24) is 0 Å². The topological polar surface area (TPSA) is 38.7 Å². The number of carbonyl (C=O) groups is 1. The fraction of sp³-hybridized carbons (Fsp3) is 0.158. The van der Waals surface area contributed by atoms with Gasteiger partial charge in [-0.15, -0.1) is 0 Å². The maximum atomic E-state index is 12.0. The van der Waals surface area contributed by atoms with E-state index in [2.05, 4.69) is 11.1 Å². The lowest BCUT2D eigenvalue weighted by Crippen LogP contribution is -2.06. The molecule has 1 aliphatic rings. The molecule has 0 bridgehead atoms. The largest absolute Gasteiger partial charge is 0.406 e. The zero-order valence-electron chi connectivity index (χ0n) is 12.7. The Hall–Kier alpha value is -2.68. The highest BCUT2D eigenvalue weighted by Crippen LogP contribution is 2.20. The Labute approximate surface area is 130 Å². The third kappa shape index (κ3) is 3.14. The molecule has 110 valence electrons. The van der Waals surface area contributed by atoms with Crippen molar-refractivity contribution < 1.29 is 9.53 Å². The summed E-state index contributed by atoms with van der Waals surface area (Å²) < 4.78 is 5.26. The van der Waals surface area contributed by atoms with E-state index >= 15 is 0 Å². The summed E-state index contributed by atoms with van der Waals surface area (Å²) in [5, 5.41) is 0. The second-order valence-corrected chi connectivity index (χ2v) is 5.45. The molecule has 0 N–H and O–H groups in total. The maximum absolute atomic E-state index is 12.0. The van der Waals surface area contributed by atoms with Crippen LogP contribution in [-0.2, 0) is 16.0 Å². The van der Waals surface area contributed by atoms with Crippen molar-refractivity contribution in [2.24, 2.45) is 4.99 Å². The van der Waals surface area contributed by atoms with E-state index in [1.807, 2.05) is 56.3 Å². The van der Waals surface area contributed by atoms with Gasteiger partial charge in [0.2, 0.25) is 5.90 Å². The van der Waals surface area contributed by atoms with Crippen LogP contribution in [0.1, 0.15) is 22.3 Å². The summed E-state index contributed by atoms with van der Waals surface area (Å²) in [6.07, 6.45) is 2.32. The lowest BCUT2D eigenvalue weighted by atomic mass is 10.0. The first-order valence-electron chi connectivity index (χ1n) is 7.24. The number of cyclic esters (lactones) is 1. The van der Waals surface area contributed by atoms with Crippen molar-refractivity contribution in [2.75, 3.05) is 0 Å². The van der Waals surface area contributed by atoms with Crippen molar-refractivity contribution in [2.45, 2.75) is 20.3 Å². The first kappa shape index (κ1) is 14.3. The quantitative estimate of drug-likeness (QED) is 0.636. The van der Waals surface area contributed by atoms with Gasteiger partial charge in [0.25, 0.3) is 0 Å². The van der Waals surface area contributed by atoms with Gasteiger partial charge in [-0.2, -0.15) is 0 Å². The van der Waals surface area contributed by atoms with Crippen LogP contribution in [0.3, 0.4) is 0 Å². The van der Waals surface area contributed by atoms with E-state index < -0.39 is 0 Å². The lowest BCUT2D eigenvalue weighted by Gasteiger charge is -2.01. The number of aliphatic imine (C=N–C) groups is 1.